The van der Waals surface area contributed by atoms with Gasteiger partial charge in [-0.2, -0.15) is 0 Å². The van der Waals surface area contributed by atoms with Crippen LogP contribution >= 0.6 is 31.9 Å². The zero-order valence-corrected chi connectivity index (χ0v) is 38.9. The summed E-state index contributed by atoms with van der Waals surface area (Å²) >= 11 is 7.14. The Morgan fingerprint density at radius 2 is 0.470 bits per heavy atom. The van der Waals surface area contributed by atoms with E-state index in [0.717, 1.165) is 8.95 Å². The molecule has 0 spiro atoms. The molecule has 0 aliphatic carbocycles. The Kier molecular flexibility index (Phi) is 9.27. The molecule has 0 aromatic heterocycles. The topological polar surface area (TPSA) is 0 Å². The van der Waals surface area contributed by atoms with Crippen molar-refractivity contribution < 1.29 is 0 Å². The van der Waals surface area contributed by atoms with Crippen molar-refractivity contribution in [2.75, 3.05) is 0 Å². The van der Waals surface area contributed by atoms with E-state index in [1.54, 1.807) is 0 Å². The van der Waals surface area contributed by atoms with Crippen molar-refractivity contribution in [3.63, 3.8) is 0 Å². The van der Waals surface area contributed by atoms with Crippen LogP contribution in [-0.4, -0.2) is 0 Å². The van der Waals surface area contributed by atoms with Crippen LogP contribution in [0.1, 0.15) is 0 Å². The number of rotatable bonds is 4. The zero-order chi connectivity index (χ0) is 43.9. The van der Waals surface area contributed by atoms with Gasteiger partial charge in [-0.3, -0.25) is 0 Å². The average Bonchev–Trinajstić information content (AvgIpc) is 3.37. The summed E-state index contributed by atoms with van der Waals surface area (Å²) in [5, 5.41) is 21.0. The summed E-state index contributed by atoms with van der Waals surface area (Å²) in [5.74, 6) is 0. The molecule has 14 aromatic carbocycles. The van der Waals surface area contributed by atoms with E-state index in [9.17, 15) is 0 Å². The normalized spacial score (nSPS) is 11.8. The smallest absolute Gasteiger partial charge is 0.0175 e. The summed E-state index contributed by atoms with van der Waals surface area (Å²) in [6.45, 7) is 0. The highest BCUT2D eigenvalue weighted by molar-refractivity contribution is 9.10. The van der Waals surface area contributed by atoms with Gasteiger partial charge in [0, 0.05) is 8.95 Å². The molecule has 0 radical (unpaired) electrons. The van der Waals surface area contributed by atoms with Gasteiger partial charge in [0.15, 0.2) is 0 Å². The van der Waals surface area contributed by atoms with Crippen molar-refractivity contribution in [3.05, 3.63) is 239 Å². The van der Waals surface area contributed by atoms with Crippen molar-refractivity contribution in [2.24, 2.45) is 0 Å². The van der Waals surface area contributed by atoms with Crippen LogP contribution in [0.5, 0.6) is 0 Å². The van der Waals surface area contributed by atoms with Gasteiger partial charge in [0.05, 0.1) is 0 Å². The molecule has 66 heavy (non-hydrogen) atoms. The molecule has 0 fully saturated rings. The summed E-state index contributed by atoms with van der Waals surface area (Å²) in [4.78, 5) is 0. The van der Waals surface area contributed by atoms with E-state index in [2.05, 4.69) is 262 Å². The molecule has 0 saturated carbocycles. The molecule has 2 heteroatoms. The summed E-state index contributed by atoms with van der Waals surface area (Å²) in [6.07, 6.45) is 0. The largest absolute Gasteiger partial charge is 0.0616 e. The van der Waals surface area contributed by atoms with Gasteiger partial charge in [0.2, 0.25) is 0 Å². The fourth-order valence-electron chi connectivity index (χ4n) is 10.8. The molecule has 308 valence electrons. The van der Waals surface area contributed by atoms with Crippen LogP contribution in [0.4, 0.5) is 0 Å². The van der Waals surface area contributed by atoms with Crippen LogP contribution in [0.25, 0.3) is 131 Å². The standard InChI is InChI=1S/2C32H19Br/c2*33-24-14-8-21(9-15-24)26-16-10-22-13-19-30-28(17-11-23-12-18-29(26)31(22)32(23)30)27-7-3-5-20-4-1-2-6-25(20)27/h2*1-19H. The minimum Gasteiger partial charge on any atom is -0.0616 e. The molecule has 14 aromatic rings. The van der Waals surface area contributed by atoms with Crippen molar-refractivity contribution in [3.8, 4) is 44.5 Å². The molecule has 0 nitrogen and oxygen atoms in total. The Morgan fingerprint density at radius 1 is 0.182 bits per heavy atom. The van der Waals surface area contributed by atoms with Gasteiger partial charge in [0.1, 0.15) is 0 Å². The third-order valence-corrected chi connectivity index (χ3v) is 14.9. The molecule has 0 aliphatic heterocycles. The van der Waals surface area contributed by atoms with Crippen LogP contribution in [0.15, 0.2) is 239 Å². The van der Waals surface area contributed by atoms with Crippen LogP contribution in [0.3, 0.4) is 0 Å². The van der Waals surface area contributed by atoms with Crippen molar-refractivity contribution in [1.82, 2.24) is 0 Å². The van der Waals surface area contributed by atoms with E-state index in [1.807, 2.05) is 0 Å². The molecule has 0 heterocycles. The predicted molar refractivity (Wildman–Crippen MR) is 292 cm³/mol. The first-order valence-electron chi connectivity index (χ1n) is 22.4. The lowest BCUT2D eigenvalue weighted by atomic mass is 9.86. The van der Waals surface area contributed by atoms with E-state index >= 15 is 0 Å². The van der Waals surface area contributed by atoms with Crippen molar-refractivity contribution in [2.45, 2.75) is 0 Å². The van der Waals surface area contributed by atoms with E-state index < -0.39 is 0 Å². The van der Waals surface area contributed by atoms with E-state index in [-0.39, 0.29) is 0 Å². The lowest BCUT2D eigenvalue weighted by Crippen LogP contribution is -1.90. The third-order valence-electron chi connectivity index (χ3n) is 13.8. The van der Waals surface area contributed by atoms with Gasteiger partial charge >= 0.3 is 0 Å². The Hall–Kier alpha value is -7.36. The Balaban J connectivity index is 0.000000132. The second-order valence-corrected chi connectivity index (χ2v) is 19.2. The molecule has 0 amide bonds. The zero-order valence-electron chi connectivity index (χ0n) is 35.7. The monoisotopic (exact) mass is 964 g/mol. The molecule has 0 saturated heterocycles. The minimum atomic E-state index is 1.10. The first-order chi connectivity index (χ1) is 32.6. The fourth-order valence-corrected chi connectivity index (χ4v) is 11.3. The first-order valence-corrected chi connectivity index (χ1v) is 24.0. The maximum atomic E-state index is 3.57. The molecule has 0 bridgehead atoms. The Morgan fingerprint density at radius 3 is 0.848 bits per heavy atom. The lowest BCUT2D eigenvalue weighted by molar-refractivity contribution is 1.62. The van der Waals surface area contributed by atoms with Crippen LogP contribution in [-0.2, 0) is 0 Å². The maximum absolute atomic E-state index is 3.57. The Labute approximate surface area is 399 Å². The second kappa shape index (κ2) is 15.7. The molecule has 0 aliphatic rings. The Bertz CT molecular complexity index is 3880. The van der Waals surface area contributed by atoms with Gasteiger partial charge < -0.3 is 0 Å². The maximum Gasteiger partial charge on any atom is 0.0175 e. The summed E-state index contributed by atoms with van der Waals surface area (Å²) in [6, 6.07) is 84.3. The van der Waals surface area contributed by atoms with Gasteiger partial charge in [0.25, 0.3) is 0 Å². The van der Waals surface area contributed by atoms with Gasteiger partial charge in [-0.05, 0) is 155 Å². The molecule has 0 atom stereocenters. The minimum absolute atomic E-state index is 1.10. The summed E-state index contributed by atoms with van der Waals surface area (Å²) in [5.41, 5.74) is 10.2. The van der Waals surface area contributed by atoms with Gasteiger partial charge in [-0.1, -0.05) is 238 Å². The van der Waals surface area contributed by atoms with Crippen LogP contribution in [0, 0.1) is 0 Å². The molecule has 0 N–H and O–H groups in total. The fraction of sp³-hybridized carbons (Fsp3) is 0. The van der Waals surface area contributed by atoms with Crippen molar-refractivity contribution in [1.29, 1.82) is 0 Å². The highest BCUT2D eigenvalue weighted by atomic mass is 79.9. The first kappa shape index (κ1) is 39.0. The number of fused-ring (bicyclic) bond motifs is 2. The number of benzene rings is 14. The highest BCUT2D eigenvalue weighted by Crippen LogP contribution is 2.45. The lowest BCUT2D eigenvalue weighted by Gasteiger charge is -2.17. The number of hydrogen-bond donors (Lipinski definition) is 0. The van der Waals surface area contributed by atoms with E-state index in [1.165, 1.54) is 131 Å². The average molecular weight is 967 g/mol. The van der Waals surface area contributed by atoms with E-state index in [4.69, 9.17) is 0 Å². The molecule has 0 unspecified atom stereocenters. The predicted octanol–water partition coefficient (Wildman–Crippen LogP) is 19.7. The number of halogens is 2. The third kappa shape index (κ3) is 6.31. The SMILES string of the molecule is Brc1ccc(-c2ccc3ccc4c(-c5cccc6ccccc56)ccc5ccc2c3c54)cc1.Brc1ccc(-c2ccc3ccc4c(-c5cccc6ccccc56)ccc5ccc2c3c54)cc1. The second-order valence-electron chi connectivity index (χ2n) is 17.4. The highest BCUT2D eigenvalue weighted by Gasteiger charge is 2.18. The quantitative estimate of drug-likeness (QED) is 0.154. The van der Waals surface area contributed by atoms with Crippen LogP contribution in [0.2, 0.25) is 0 Å². The summed E-state index contributed by atoms with van der Waals surface area (Å²) in [7, 11) is 0. The van der Waals surface area contributed by atoms with Gasteiger partial charge in [-0.15, -0.1) is 0 Å². The van der Waals surface area contributed by atoms with Gasteiger partial charge in [-0.25, -0.2) is 0 Å². The van der Waals surface area contributed by atoms with Crippen molar-refractivity contribution >= 4 is 118 Å². The number of hydrogen-bond acceptors (Lipinski definition) is 0. The summed E-state index contributed by atoms with van der Waals surface area (Å²) < 4.78 is 2.20. The van der Waals surface area contributed by atoms with E-state index in [0.29, 0.717) is 0 Å². The molecular weight excluding hydrogens is 929 g/mol. The van der Waals surface area contributed by atoms with Crippen LogP contribution < -0.4 is 0 Å². The molecule has 14 rings (SSSR count). The molecular formula is C64H38Br2.